The highest BCUT2D eigenvalue weighted by atomic mass is 79.9. The molecule has 1 aromatic rings. The molecule has 0 aliphatic rings. The van der Waals surface area contributed by atoms with Gasteiger partial charge in [-0.1, -0.05) is 28.1 Å². The van der Waals surface area contributed by atoms with E-state index in [4.69, 9.17) is 10.5 Å². The zero-order valence-electron chi connectivity index (χ0n) is 9.69. The van der Waals surface area contributed by atoms with Gasteiger partial charge in [0.2, 0.25) is 0 Å². The van der Waals surface area contributed by atoms with Crippen LogP contribution in [0.5, 0.6) is 0 Å². The predicted octanol–water partition coefficient (Wildman–Crippen LogP) is 2.69. The number of carbonyl (C=O) groups excluding carboxylic acids is 1. The SMILES string of the molecule is CCOC(=O)CC(N)Cc1ccc(Br)cc1.Cl. The van der Waals surface area contributed by atoms with Crippen LogP contribution < -0.4 is 5.73 Å². The molecule has 1 rings (SSSR count). The van der Waals surface area contributed by atoms with Crippen LogP contribution in [-0.4, -0.2) is 18.6 Å². The van der Waals surface area contributed by atoms with Crippen LogP contribution in [0.4, 0.5) is 0 Å². The zero-order chi connectivity index (χ0) is 12.0. The number of esters is 1. The van der Waals surface area contributed by atoms with E-state index >= 15 is 0 Å². The fraction of sp³-hybridized carbons (Fsp3) is 0.417. The van der Waals surface area contributed by atoms with Crippen molar-refractivity contribution in [3.63, 3.8) is 0 Å². The van der Waals surface area contributed by atoms with Gasteiger partial charge in [-0.15, -0.1) is 12.4 Å². The number of ether oxygens (including phenoxy) is 1. The molecule has 17 heavy (non-hydrogen) atoms. The van der Waals surface area contributed by atoms with Gasteiger partial charge in [-0.3, -0.25) is 4.79 Å². The van der Waals surface area contributed by atoms with Crippen LogP contribution in [0.2, 0.25) is 0 Å². The molecule has 0 heterocycles. The van der Waals surface area contributed by atoms with E-state index in [9.17, 15) is 4.79 Å². The van der Waals surface area contributed by atoms with Gasteiger partial charge in [-0.2, -0.15) is 0 Å². The maximum Gasteiger partial charge on any atom is 0.307 e. The number of halogens is 2. The first-order chi connectivity index (χ1) is 7.61. The highest BCUT2D eigenvalue weighted by Gasteiger charge is 2.10. The lowest BCUT2D eigenvalue weighted by molar-refractivity contribution is -0.143. The summed E-state index contributed by atoms with van der Waals surface area (Å²) < 4.78 is 5.88. The molecule has 0 aromatic heterocycles. The largest absolute Gasteiger partial charge is 0.466 e. The summed E-state index contributed by atoms with van der Waals surface area (Å²) >= 11 is 3.37. The number of hydrogen-bond donors (Lipinski definition) is 1. The van der Waals surface area contributed by atoms with Crippen molar-refractivity contribution in [2.75, 3.05) is 6.61 Å². The molecule has 1 aromatic carbocycles. The topological polar surface area (TPSA) is 52.3 Å². The molecular formula is C12H17BrClNO2. The van der Waals surface area contributed by atoms with Gasteiger partial charge in [0.05, 0.1) is 13.0 Å². The number of hydrogen-bond acceptors (Lipinski definition) is 3. The van der Waals surface area contributed by atoms with Crippen molar-refractivity contribution in [1.29, 1.82) is 0 Å². The fourth-order valence-corrected chi connectivity index (χ4v) is 1.69. The van der Waals surface area contributed by atoms with Gasteiger partial charge in [0.25, 0.3) is 0 Å². The number of nitrogens with two attached hydrogens (primary N) is 1. The number of carbonyl (C=O) groups is 1. The molecule has 0 aliphatic carbocycles. The molecular weight excluding hydrogens is 305 g/mol. The lowest BCUT2D eigenvalue weighted by Crippen LogP contribution is -2.27. The zero-order valence-corrected chi connectivity index (χ0v) is 12.1. The van der Waals surface area contributed by atoms with Gasteiger partial charge in [-0.25, -0.2) is 0 Å². The summed E-state index contributed by atoms with van der Waals surface area (Å²) in [5.41, 5.74) is 6.99. The highest BCUT2D eigenvalue weighted by Crippen LogP contribution is 2.12. The van der Waals surface area contributed by atoms with E-state index in [2.05, 4.69) is 15.9 Å². The monoisotopic (exact) mass is 321 g/mol. The van der Waals surface area contributed by atoms with E-state index in [0.717, 1.165) is 10.0 Å². The second-order valence-electron chi connectivity index (χ2n) is 3.60. The summed E-state index contributed by atoms with van der Waals surface area (Å²) in [6, 6.07) is 7.74. The summed E-state index contributed by atoms with van der Waals surface area (Å²) in [4.78, 5) is 11.2. The van der Waals surface area contributed by atoms with E-state index < -0.39 is 0 Å². The van der Waals surface area contributed by atoms with Gasteiger partial charge < -0.3 is 10.5 Å². The lowest BCUT2D eigenvalue weighted by atomic mass is 10.0. The Bertz CT molecular complexity index is 343. The Labute approximate surface area is 116 Å². The first-order valence-electron chi connectivity index (χ1n) is 5.27. The molecule has 1 unspecified atom stereocenters. The van der Waals surface area contributed by atoms with Crippen LogP contribution in [0.3, 0.4) is 0 Å². The molecule has 0 aliphatic heterocycles. The molecule has 3 nitrogen and oxygen atoms in total. The number of benzene rings is 1. The van der Waals surface area contributed by atoms with Gasteiger partial charge in [0.15, 0.2) is 0 Å². The van der Waals surface area contributed by atoms with Crippen LogP contribution in [0.25, 0.3) is 0 Å². The maximum absolute atomic E-state index is 11.2. The van der Waals surface area contributed by atoms with Crippen LogP contribution >= 0.6 is 28.3 Å². The minimum atomic E-state index is -0.230. The van der Waals surface area contributed by atoms with E-state index in [1.165, 1.54) is 0 Å². The molecule has 0 radical (unpaired) electrons. The van der Waals surface area contributed by atoms with Crippen molar-refractivity contribution >= 4 is 34.3 Å². The van der Waals surface area contributed by atoms with E-state index in [1.54, 1.807) is 6.92 Å². The third-order valence-electron chi connectivity index (χ3n) is 2.15. The van der Waals surface area contributed by atoms with Crippen LogP contribution in [0.1, 0.15) is 18.9 Å². The molecule has 0 spiro atoms. The molecule has 0 amide bonds. The number of rotatable bonds is 5. The maximum atomic E-state index is 11.2. The van der Waals surface area contributed by atoms with Crippen molar-refractivity contribution in [3.8, 4) is 0 Å². The Hall–Kier alpha value is -0.580. The van der Waals surface area contributed by atoms with Crippen molar-refractivity contribution in [3.05, 3.63) is 34.3 Å². The summed E-state index contributed by atoms with van der Waals surface area (Å²) in [6.45, 7) is 2.20. The van der Waals surface area contributed by atoms with Crippen molar-refractivity contribution in [2.24, 2.45) is 5.73 Å². The van der Waals surface area contributed by atoms with Crippen LogP contribution in [0.15, 0.2) is 28.7 Å². The second-order valence-corrected chi connectivity index (χ2v) is 4.52. The Morgan fingerprint density at radius 2 is 2.00 bits per heavy atom. The summed E-state index contributed by atoms with van der Waals surface area (Å²) in [6.07, 6.45) is 0.954. The average Bonchev–Trinajstić information content (AvgIpc) is 2.21. The molecule has 0 saturated heterocycles. The van der Waals surface area contributed by atoms with Gasteiger partial charge in [-0.05, 0) is 31.0 Å². The molecule has 2 N–H and O–H groups in total. The average molecular weight is 323 g/mol. The molecule has 96 valence electrons. The molecule has 5 heteroatoms. The summed E-state index contributed by atoms with van der Waals surface area (Å²) in [7, 11) is 0. The highest BCUT2D eigenvalue weighted by molar-refractivity contribution is 9.10. The standard InChI is InChI=1S/C12H16BrNO2.ClH/c1-2-16-12(15)8-11(14)7-9-3-5-10(13)6-4-9;/h3-6,11H,2,7-8,14H2,1H3;1H. The van der Waals surface area contributed by atoms with Crippen molar-refractivity contribution < 1.29 is 9.53 Å². The molecule has 1 atom stereocenters. The van der Waals surface area contributed by atoms with Crippen LogP contribution in [-0.2, 0) is 16.0 Å². The first-order valence-corrected chi connectivity index (χ1v) is 6.06. The quantitative estimate of drug-likeness (QED) is 0.848. The minimum Gasteiger partial charge on any atom is -0.466 e. The third kappa shape index (κ3) is 6.66. The first kappa shape index (κ1) is 16.4. The minimum absolute atomic E-state index is 0. The second kappa shape index (κ2) is 8.50. The third-order valence-corrected chi connectivity index (χ3v) is 2.67. The molecule has 0 fully saturated rings. The Morgan fingerprint density at radius 3 is 2.53 bits per heavy atom. The smallest absolute Gasteiger partial charge is 0.307 e. The summed E-state index contributed by atoms with van der Waals surface area (Å²) in [5.74, 6) is -0.230. The van der Waals surface area contributed by atoms with E-state index in [-0.39, 0.29) is 30.8 Å². The van der Waals surface area contributed by atoms with Crippen molar-refractivity contribution in [2.45, 2.75) is 25.8 Å². The molecule has 0 saturated carbocycles. The molecule has 0 bridgehead atoms. The predicted molar refractivity (Wildman–Crippen MR) is 74.3 cm³/mol. The lowest BCUT2D eigenvalue weighted by Gasteiger charge is -2.10. The van der Waals surface area contributed by atoms with Gasteiger partial charge in [0.1, 0.15) is 0 Å². The van der Waals surface area contributed by atoms with Gasteiger partial charge >= 0.3 is 5.97 Å². The normalized spacial score (nSPS) is 11.5. The Balaban J connectivity index is 0.00000256. The van der Waals surface area contributed by atoms with Crippen molar-refractivity contribution in [1.82, 2.24) is 0 Å². The van der Waals surface area contributed by atoms with E-state index in [1.807, 2.05) is 24.3 Å². The van der Waals surface area contributed by atoms with E-state index in [0.29, 0.717) is 13.0 Å². The Morgan fingerprint density at radius 1 is 1.41 bits per heavy atom. The fourth-order valence-electron chi connectivity index (χ4n) is 1.43. The van der Waals surface area contributed by atoms with Gasteiger partial charge in [0, 0.05) is 10.5 Å². The Kier molecular flexibility index (Phi) is 8.21. The van der Waals surface area contributed by atoms with Crippen LogP contribution in [0, 0.1) is 0 Å². The summed E-state index contributed by atoms with van der Waals surface area (Å²) in [5, 5.41) is 0.